The van der Waals surface area contributed by atoms with Gasteiger partial charge in [0.1, 0.15) is 11.3 Å². The molecule has 1 fully saturated rings. The van der Waals surface area contributed by atoms with Crippen molar-refractivity contribution >= 4 is 17.2 Å². The zero-order valence-corrected chi connectivity index (χ0v) is 22.6. The third-order valence-electron chi connectivity index (χ3n) is 7.18. The number of imidazole rings is 1. The van der Waals surface area contributed by atoms with Gasteiger partial charge < -0.3 is 10.2 Å². The summed E-state index contributed by atoms with van der Waals surface area (Å²) in [5.41, 5.74) is 3.73. The number of hydrogen-bond acceptors (Lipinski definition) is 4. The summed E-state index contributed by atoms with van der Waals surface area (Å²) >= 11 is 0. The van der Waals surface area contributed by atoms with Crippen LogP contribution in [0.25, 0.3) is 5.65 Å². The summed E-state index contributed by atoms with van der Waals surface area (Å²) in [6, 6.07) is 14.8. The lowest BCUT2D eigenvalue weighted by molar-refractivity contribution is -0.138. The highest BCUT2D eigenvalue weighted by Gasteiger charge is 2.34. The van der Waals surface area contributed by atoms with Crippen molar-refractivity contribution in [1.82, 2.24) is 19.2 Å². The Balaban J connectivity index is 1.36. The third kappa shape index (κ3) is 6.03. The molecular weight excluding hydrogens is 515 g/mol. The quantitative estimate of drug-likeness (QED) is 0.351. The maximum atomic E-state index is 14.0. The molecule has 0 spiro atoms. The minimum Gasteiger partial charge on any atom is -0.322 e. The SMILES string of the molecule is Cc1ccc(C(=O)Nc2ccc(CN3CCN(C)CC3)c(C(F)(F)F)c2)cc1C#Cc1c(C)nc2ccccn12. The van der Waals surface area contributed by atoms with Gasteiger partial charge in [-0.05, 0) is 74.3 Å². The van der Waals surface area contributed by atoms with E-state index < -0.39 is 17.6 Å². The van der Waals surface area contributed by atoms with Crippen molar-refractivity contribution in [2.45, 2.75) is 26.6 Å². The maximum absolute atomic E-state index is 14.0. The van der Waals surface area contributed by atoms with Crippen molar-refractivity contribution in [3.8, 4) is 11.8 Å². The number of anilines is 1. The fraction of sp³-hybridized carbons (Fsp3) is 0.290. The molecule has 1 N–H and O–H groups in total. The first-order valence-electron chi connectivity index (χ1n) is 13.1. The average Bonchev–Trinajstić information content (AvgIpc) is 3.24. The highest BCUT2D eigenvalue weighted by molar-refractivity contribution is 6.04. The Labute approximate surface area is 231 Å². The number of nitrogens with one attached hydrogen (secondary N) is 1. The number of alkyl halides is 3. The Hall–Kier alpha value is -4.13. The van der Waals surface area contributed by atoms with Crippen molar-refractivity contribution in [3.05, 3.63) is 100.0 Å². The Morgan fingerprint density at radius 2 is 1.77 bits per heavy atom. The summed E-state index contributed by atoms with van der Waals surface area (Å²) in [5, 5.41) is 2.64. The Morgan fingerprint density at radius 3 is 2.52 bits per heavy atom. The topological polar surface area (TPSA) is 52.9 Å². The zero-order valence-electron chi connectivity index (χ0n) is 22.6. The minimum atomic E-state index is -4.54. The van der Waals surface area contributed by atoms with E-state index in [-0.39, 0.29) is 17.8 Å². The van der Waals surface area contributed by atoms with Crippen LogP contribution in [-0.2, 0) is 12.7 Å². The van der Waals surface area contributed by atoms with E-state index in [1.165, 1.54) is 12.1 Å². The first kappa shape index (κ1) is 27.4. The van der Waals surface area contributed by atoms with Gasteiger partial charge in [0.2, 0.25) is 0 Å². The van der Waals surface area contributed by atoms with Gasteiger partial charge >= 0.3 is 6.18 Å². The number of hydrogen-bond donors (Lipinski definition) is 1. The average molecular weight is 546 g/mol. The highest BCUT2D eigenvalue weighted by atomic mass is 19.4. The van der Waals surface area contributed by atoms with Crippen LogP contribution in [0.3, 0.4) is 0 Å². The van der Waals surface area contributed by atoms with Gasteiger partial charge in [-0.15, -0.1) is 0 Å². The fourth-order valence-corrected chi connectivity index (χ4v) is 4.79. The second kappa shape index (κ2) is 11.2. The van der Waals surface area contributed by atoms with Crippen LogP contribution in [0.1, 0.15) is 44.0 Å². The zero-order chi connectivity index (χ0) is 28.4. The Morgan fingerprint density at radius 1 is 1.00 bits per heavy atom. The van der Waals surface area contributed by atoms with Crippen molar-refractivity contribution in [3.63, 3.8) is 0 Å². The van der Waals surface area contributed by atoms with E-state index in [9.17, 15) is 18.0 Å². The van der Waals surface area contributed by atoms with Crippen molar-refractivity contribution in [2.24, 2.45) is 0 Å². The Bertz CT molecular complexity index is 1620. The molecule has 40 heavy (non-hydrogen) atoms. The minimum absolute atomic E-state index is 0.0917. The van der Waals surface area contributed by atoms with E-state index in [2.05, 4.69) is 27.0 Å². The van der Waals surface area contributed by atoms with Gasteiger partial charge in [-0.3, -0.25) is 14.1 Å². The van der Waals surface area contributed by atoms with Gasteiger partial charge in [0.25, 0.3) is 5.91 Å². The van der Waals surface area contributed by atoms with Crippen LogP contribution in [0.15, 0.2) is 60.8 Å². The smallest absolute Gasteiger partial charge is 0.322 e. The summed E-state index contributed by atoms with van der Waals surface area (Å²) in [6.45, 7) is 7.04. The highest BCUT2D eigenvalue weighted by Crippen LogP contribution is 2.34. The van der Waals surface area contributed by atoms with E-state index in [1.54, 1.807) is 18.2 Å². The van der Waals surface area contributed by atoms with E-state index in [0.29, 0.717) is 24.2 Å². The van der Waals surface area contributed by atoms with Gasteiger partial charge in [0, 0.05) is 55.7 Å². The van der Waals surface area contributed by atoms with Crippen LogP contribution in [-0.4, -0.2) is 58.3 Å². The molecule has 0 aliphatic carbocycles. The molecule has 5 rings (SSSR count). The van der Waals surface area contributed by atoms with Gasteiger partial charge in [0.15, 0.2) is 0 Å². The Kier molecular flexibility index (Phi) is 7.66. The number of halogens is 3. The number of fused-ring (bicyclic) bond motifs is 1. The molecule has 1 saturated heterocycles. The fourth-order valence-electron chi connectivity index (χ4n) is 4.79. The number of rotatable bonds is 4. The van der Waals surface area contributed by atoms with Crippen LogP contribution in [0.2, 0.25) is 0 Å². The van der Waals surface area contributed by atoms with Crippen molar-refractivity contribution in [2.75, 3.05) is 38.5 Å². The molecule has 2 aromatic heterocycles. The number of aryl methyl sites for hydroxylation is 2. The molecule has 0 bridgehead atoms. The van der Waals surface area contributed by atoms with Gasteiger partial charge in [-0.2, -0.15) is 13.2 Å². The molecule has 0 atom stereocenters. The van der Waals surface area contributed by atoms with E-state index >= 15 is 0 Å². The maximum Gasteiger partial charge on any atom is 0.416 e. The number of carbonyl (C=O) groups is 1. The number of amides is 1. The summed E-state index contributed by atoms with van der Waals surface area (Å²) < 4.78 is 43.8. The van der Waals surface area contributed by atoms with Crippen molar-refractivity contribution in [1.29, 1.82) is 0 Å². The van der Waals surface area contributed by atoms with Crippen LogP contribution >= 0.6 is 0 Å². The molecule has 3 heterocycles. The number of pyridine rings is 1. The number of nitrogens with zero attached hydrogens (tertiary/aromatic N) is 4. The standard InChI is InChI=1S/C31H30F3N5O/c1-21-7-8-24(18-23(21)10-12-28-22(2)35-29-6-4-5-13-39(28)29)30(40)36-26-11-9-25(27(19-26)31(32,33)34)20-38-16-14-37(3)15-17-38/h4-9,11,13,18-19H,14-17,20H2,1-3H3,(H,36,40). The van der Waals surface area contributed by atoms with Crippen molar-refractivity contribution < 1.29 is 18.0 Å². The molecule has 4 aromatic rings. The number of benzene rings is 2. The molecule has 1 amide bonds. The van der Waals surface area contributed by atoms with Crippen LogP contribution in [0.4, 0.5) is 18.9 Å². The summed E-state index contributed by atoms with van der Waals surface area (Å²) in [5.74, 6) is 5.79. The molecule has 206 valence electrons. The number of piperazine rings is 1. The molecule has 0 unspecified atom stereocenters. The lowest BCUT2D eigenvalue weighted by Crippen LogP contribution is -2.44. The summed E-state index contributed by atoms with van der Waals surface area (Å²) in [6.07, 6.45) is -2.65. The van der Waals surface area contributed by atoms with E-state index in [4.69, 9.17) is 0 Å². The molecule has 1 aliphatic heterocycles. The second-order valence-corrected chi connectivity index (χ2v) is 10.2. The lowest BCUT2D eigenvalue weighted by atomic mass is 10.0. The summed E-state index contributed by atoms with van der Waals surface area (Å²) in [4.78, 5) is 21.8. The molecular formula is C31H30F3N5O. The van der Waals surface area contributed by atoms with E-state index in [0.717, 1.165) is 41.8 Å². The largest absolute Gasteiger partial charge is 0.416 e. The third-order valence-corrected chi connectivity index (χ3v) is 7.18. The first-order chi connectivity index (χ1) is 19.1. The molecule has 0 saturated carbocycles. The van der Waals surface area contributed by atoms with Crippen LogP contribution < -0.4 is 5.32 Å². The first-order valence-corrected chi connectivity index (χ1v) is 13.1. The van der Waals surface area contributed by atoms with Gasteiger partial charge in [-0.25, -0.2) is 4.98 Å². The number of aromatic nitrogens is 2. The normalized spacial score (nSPS) is 14.7. The molecule has 6 nitrogen and oxygen atoms in total. The monoisotopic (exact) mass is 545 g/mol. The van der Waals surface area contributed by atoms with Gasteiger partial charge in [0.05, 0.1) is 11.3 Å². The second-order valence-electron chi connectivity index (χ2n) is 10.2. The molecule has 2 aromatic carbocycles. The van der Waals surface area contributed by atoms with Crippen LogP contribution in [0, 0.1) is 25.7 Å². The predicted octanol–water partition coefficient (Wildman–Crippen LogP) is 5.37. The number of likely N-dealkylation sites (N-methyl/N-ethyl adjacent to an activating group) is 1. The lowest BCUT2D eigenvalue weighted by Gasteiger charge is -2.33. The predicted molar refractivity (Wildman–Crippen MR) is 149 cm³/mol. The molecule has 1 aliphatic rings. The summed E-state index contributed by atoms with van der Waals surface area (Å²) in [7, 11) is 2.00. The van der Waals surface area contributed by atoms with Crippen LogP contribution in [0.5, 0.6) is 0 Å². The molecule has 0 radical (unpaired) electrons. The van der Waals surface area contributed by atoms with E-state index in [1.807, 2.05) is 54.6 Å². The van der Waals surface area contributed by atoms with Gasteiger partial charge in [-0.1, -0.05) is 24.1 Å². The number of carbonyl (C=O) groups excluding carboxylic acids is 1. The molecule has 9 heteroatoms.